The lowest BCUT2D eigenvalue weighted by Gasteiger charge is -2.27. The van der Waals surface area contributed by atoms with Crippen molar-refractivity contribution in [1.82, 2.24) is 0 Å². The van der Waals surface area contributed by atoms with Crippen LogP contribution in [0.3, 0.4) is 0 Å². The smallest absolute Gasteiger partial charge is 0.111 e. The Morgan fingerprint density at radius 1 is 0.633 bits per heavy atom. The Bertz CT molecular complexity index is 377. The molecule has 0 radical (unpaired) electrons. The third-order valence-electron chi connectivity index (χ3n) is 5.48. The summed E-state index contributed by atoms with van der Waals surface area (Å²) in [5.41, 5.74) is 0. The minimum Gasteiger partial charge on any atom is -0.394 e. The van der Waals surface area contributed by atoms with E-state index < -0.39 is 37.6 Å². The highest BCUT2D eigenvalue weighted by Crippen LogP contribution is 2.12. The Morgan fingerprint density at radius 2 is 1.13 bits per heavy atom. The van der Waals surface area contributed by atoms with Gasteiger partial charge in [-0.25, -0.2) is 0 Å². The molecule has 0 saturated carbocycles. The fourth-order valence-electron chi connectivity index (χ4n) is 3.40. The monoisotopic (exact) mass is 432 g/mol. The minimum atomic E-state index is -1.55. The molecule has 0 spiro atoms. The molecule has 0 saturated heterocycles. The van der Waals surface area contributed by atoms with Gasteiger partial charge in [-0.1, -0.05) is 76.9 Å². The molecule has 6 heteroatoms. The molecule has 0 fully saturated rings. The van der Waals surface area contributed by atoms with Crippen LogP contribution in [0, 0.1) is 0 Å². The third-order valence-corrected chi connectivity index (χ3v) is 5.48. The van der Waals surface area contributed by atoms with E-state index in [2.05, 4.69) is 19.1 Å². The third kappa shape index (κ3) is 16.2. The maximum atomic E-state index is 9.90. The number of aliphatic hydroxyl groups excluding tert-OH is 5. The molecular weight excluding hydrogens is 384 g/mol. The molecule has 0 unspecified atom stereocenters. The zero-order valence-electron chi connectivity index (χ0n) is 19.1. The van der Waals surface area contributed by atoms with Crippen LogP contribution in [0.4, 0.5) is 0 Å². The molecule has 0 amide bonds. The number of hydrogen-bond acceptors (Lipinski definition) is 6. The molecule has 0 aliphatic carbocycles. The normalized spacial score (nSPS) is 16.1. The fraction of sp³-hybridized carbons (Fsp3) is 0.917. The first-order chi connectivity index (χ1) is 14.6. The molecule has 4 atom stereocenters. The van der Waals surface area contributed by atoms with Crippen molar-refractivity contribution in [2.75, 3.05) is 19.8 Å². The quantitative estimate of drug-likeness (QED) is 0.132. The molecule has 30 heavy (non-hydrogen) atoms. The molecule has 0 aromatic heterocycles. The summed E-state index contributed by atoms with van der Waals surface area (Å²) in [6, 6.07) is 0. The molecule has 180 valence electrons. The van der Waals surface area contributed by atoms with Gasteiger partial charge in [0.25, 0.3) is 0 Å². The van der Waals surface area contributed by atoms with Gasteiger partial charge in [0.1, 0.15) is 24.4 Å². The Kier molecular flexibility index (Phi) is 21.4. The van der Waals surface area contributed by atoms with Crippen molar-refractivity contribution >= 4 is 0 Å². The summed E-state index contributed by atoms with van der Waals surface area (Å²) >= 11 is 0. The molecule has 0 aliphatic rings. The summed E-state index contributed by atoms with van der Waals surface area (Å²) in [5, 5.41) is 47.0. The van der Waals surface area contributed by atoms with E-state index in [4.69, 9.17) is 9.84 Å². The molecule has 0 rings (SSSR count). The van der Waals surface area contributed by atoms with Crippen molar-refractivity contribution in [3.05, 3.63) is 12.2 Å². The van der Waals surface area contributed by atoms with Crippen LogP contribution in [0.5, 0.6) is 0 Å². The van der Waals surface area contributed by atoms with E-state index >= 15 is 0 Å². The molecule has 0 bridgehead atoms. The lowest BCUT2D eigenvalue weighted by molar-refractivity contribution is -0.141. The van der Waals surface area contributed by atoms with E-state index in [0.717, 1.165) is 25.7 Å². The number of allylic oxidation sites excluding steroid dienone is 2. The van der Waals surface area contributed by atoms with Gasteiger partial charge < -0.3 is 30.3 Å². The summed E-state index contributed by atoms with van der Waals surface area (Å²) in [6.07, 6.45) is 16.4. The Balaban J connectivity index is 3.51. The van der Waals surface area contributed by atoms with E-state index in [1.165, 1.54) is 64.2 Å². The lowest BCUT2D eigenvalue weighted by Crippen LogP contribution is -2.48. The molecule has 0 heterocycles. The topological polar surface area (TPSA) is 110 Å². The van der Waals surface area contributed by atoms with Crippen LogP contribution in [0.2, 0.25) is 0 Å². The second-order valence-corrected chi connectivity index (χ2v) is 8.26. The molecule has 6 nitrogen and oxygen atoms in total. The van der Waals surface area contributed by atoms with Crippen LogP contribution in [-0.4, -0.2) is 69.8 Å². The van der Waals surface area contributed by atoms with Crippen LogP contribution in [0.15, 0.2) is 12.2 Å². The maximum absolute atomic E-state index is 9.90. The Morgan fingerprint density at radius 3 is 1.63 bits per heavy atom. The maximum Gasteiger partial charge on any atom is 0.111 e. The van der Waals surface area contributed by atoms with Crippen molar-refractivity contribution < 1.29 is 30.3 Å². The highest BCUT2D eigenvalue weighted by Gasteiger charge is 2.31. The van der Waals surface area contributed by atoms with Crippen molar-refractivity contribution in [3.8, 4) is 0 Å². The van der Waals surface area contributed by atoms with Crippen LogP contribution < -0.4 is 0 Å². The summed E-state index contributed by atoms with van der Waals surface area (Å²) in [5.74, 6) is 0. The van der Waals surface area contributed by atoms with Crippen molar-refractivity contribution in [3.63, 3.8) is 0 Å². The van der Waals surface area contributed by atoms with E-state index in [0.29, 0.717) is 6.61 Å². The number of hydrogen-bond donors (Lipinski definition) is 5. The first kappa shape index (κ1) is 29.5. The summed E-state index contributed by atoms with van der Waals surface area (Å²) in [6.45, 7) is 1.51. The number of aliphatic hydroxyl groups is 5. The van der Waals surface area contributed by atoms with Gasteiger partial charge >= 0.3 is 0 Å². The van der Waals surface area contributed by atoms with Gasteiger partial charge in [0.2, 0.25) is 0 Å². The zero-order valence-corrected chi connectivity index (χ0v) is 19.1. The first-order valence-corrected chi connectivity index (χ1v) is 12.1. The fourth-order valence-corrected chi connectivity index (χ4v) is 3.40. The van der Waals surface area contributed by atoms with E-state index in [9.17, 15) is 20.4 Å². The van der Waals surface area contributed by atoms with Crippen LogP contribution in [0.1, 0.15) is 96.8 Å². The summed E-state index contributed by atoms with van der Waals surface area (Å²) in [4.78, 5) is 0. The highest BCUT2D eigenvalue weighted by molar-refractivity contribution is 4.82. The molecule has 0 aliphatic heterocycles. The molecule has 5 N–H and O–H groups in total. The predicted octanol–water partition coefficient (Wildman–Crippen LogP) is 3.48. The van der Waals surface area contributed by atoms with Crippen molar-refractivity contribution in [2.24, 2.45) is 0 Å². The molecular formula is C24H48O6. The average Bonchev–Trinajstić information content (AvgIpc) is 2.76. The predicted molar refractivity (Wildman–Crippen MR) is 121 cm³/mol. The van der Waals surface area contributed by atoms with Gasteiger partial charge in [0.15, 0.2) is 0 Å². The van der Waals surface area contributed by atoms with Gasteiger partial charge in [0, 0.05) is 6.61 Å². The molecule has 0 aromatic rings. The highest BCUT2D eigenvalue weighted by atomic mass is 16.5. The van der Waals surface area contributed by atoms with E-state index in [1.54, 1.807) is 0 Å². The van der Waals surface area contributed by atoms with Crippen LogP contribution in [0.25, 0.3) is 0 Å². The van der Waals surface area contributed by atoms with Gasteiger partial charge in [0.05, 0.1) is 13.2 Å². The first-order valence-electron chi connectivity index (χ1n) is 12.1. The second-order valence-electron chi connectivity index (χ2n) is 8.26. The van der Waals surface area contributed by atoms with Gasteiger partial charge in [-0.3, -0.25) is 0 Å². The summed E-state index contributed by atoms with van der Waals surface area (Å²) in [7, 11) is 0. The standard InChI is InChI=1S/C24H48O6/c1-2-3-4-5-6-7-8-9-10-11-12-13-14-15-16-17-18-30-22(20-26)24(29)23(28)21(27)19-25/h9-10,21-29H,2-8,11-20H2,1H3/b10-9-/t21-,22-,23-,24-/m1/s1. The summed E-state index contributed by atoms with van der Waals surface area (Å²) < 4.78 is 5.43. The van der Waals surface area contributed by atoms with E-state index in [-0.39, 0.29) is 0 Å². The van der Waals surface area contributed by atoms with Crippen LogP contribution >= 0.6 is 0 Å². The lowest BCUT2D eigenvalue weighted by atomic mass is 10.0. The Labute approximate surface area is 184 Å². The van der Waals surface area contributed by atoms with Crippen molar-refractivity contribution in [2.45, 2.75) is 121 Å². The van der Waals surface area contributed by atoms with Crippen molar-refractivity contribution in [1.29, 1.82) is 0 Å². The van der Waals surface area contributed by atoms with Gasteiger partial charge in [-0.2, -0.15) is 0 Å². The second kappa shape index (κ2) is 21.7. The van der Waals surface area contributed by atoms with Gasteiger partial charge in [-0.05, 0) is 32.1 Å². The molecule has 0 aromatic carbocycles. The Hall–Kier alpha value is -0.500. The van der Waals surface area contributed by atoms with Gasteiger partial charge in [-0.15, -0.1) is 0 Å². The minimum absolute atomic E-state index is 0.380. The van der Waals surface area contributed by atoms with E-state index in [1.807, 2.05) is 0 Å². The SMILES string of the molecule is CCCCCCCC/C=C\CCCCCCCCO[C@H](CO)[C@@H](O)[C@H](O)[C@H](O)CO. The number of unbranched alkanes of at least 4 members (excludes halogenated alkanes) is 12. The largest absolute Gasteiger partial charge is 0.394 e. The number of ether oxygens (including phenoxy) is 1. The zero-order chi connectivity index (χ0) is 22.5. The van der Waals surface area contributed by atoms with Crippen LogP contribution in [-0.2, 0) is 4.74 Å². The number of rotatable bonds is 22. The average molecular weight is 433 g/mol.